The predicted molar refractivity (Wildman–Crippen MR) is 103 cm³/mol. The Balaban J connectivity index is 2.01. The standard InChI is InChI=1S/C19H27F3N6/c1-4-17-27-26-13-28(17)9-8-23-18(24-11-14(2)3)25-12-15-6-5-7-16(10-15)19(20,21)22/h5-7,10,13-14H,4,8-9,11-12H2,1-3H3,(H2,23,24,25). The second-order valence-corrected chi connectivity index (χ2v) is 6.86. The summed E-state index contributed by atoms with van der Waals surface area (Å²) in [4.78, 5) is 4.44. The molecule has 28 heavy (non-hydrogen) atoms. The monoisotopic (exact) mass is 396 g/mol. The molecule has 1 aromatic carbocycles. The summed E-state index contributed by atoms with van der Waals surface area (Å²) in [6.07, 6.45) is -1.88. The molecule has 0 fully saturated rings. The number of nitrogens with one attached hydrogen (secondary N) is 2. The normalized spacial score (nSPS) is 12.5. The number of nitrogens with zero attached hydrogens (tertiary/aromatic N) is 4. The third kappa shape index (κ3) is 6.86. The molecule has 0 saturated carbocycles. The molecule has 0 spiro atoms. The molecule has 0 amide bonds. The van der Waals surface area contributed by atoms with Crippen LogP contribution in [0, 0.1) is 5.92 Å². The molecular weight excluding hydrogens is 369 g/mol. The second-order valence-electron chi connectivity index (χ2n) is 6.86. The Morgan fingerprint density at radius 2 is 2.04 bits per heavy atom. The van der Waals surface area contributed by atoms with Crippen LogP contribution in [0.25, 0.3) is 0 Å². The average molecular weight is 396 g/mol. The van der Waals surface area contributed by atoms with Gasteiger partial charge in [0.1, 0.15) is 12.2 Å². The molecule has 0 aliphatic rings. The van der Waals surface area contributed by atoms with Crippen LogP contribution >= 0.6 is 0 Å². The number of halogens is 3. The molecule has 1 heterocycles. The Hall–Kier alpha value is -2.58. The molecule has 0 aliphatic carbocycles. The molecule has 0 radical (unpaired) electrons. The van der Waals surface area contributed by atoms with Crippen molar-refractivity contribution in [3.05, 3.63) is 47.5 Å². The minimum Gasteiger partial charge on any atom is -0.356 e. The van der Waals surface area contributed by atoms with Crippen molar-refractivity contribution in [1.82, 2.24) is 25.4 Å². The fourth-order valence-electron chi connectivity index (χ4n) is 2.53. The van der Waals surface area contributed by atoms with Crippen LogP contribution < -0.4 is 10.6 Å². The van der Waals surface area contributed by atoms with E-state index in [1.807, 2.05) is 11.5 Å². The highest BCUT2D eigenvalue weighted by molar-refractivity contribution is 5.79. The quantitative estimate of drug-likeness (QED) is 0.531. The van der Waals surface area contributed by atoms with Crippen molar-refractivity contribution in [3.8, 4) is 0 Å². The predicted octanol–water partition coefficient (Wildman–Crippen LogP) is 3.25. The van der Waals surface area contributed by atoms with Crippen LogP contribution in [0.2, 0.25) is 0 Å². The zero-order valence-electron chi connectivity index (χ0n) is 16.4. The van der Waals surface area contributed by atoms with Crippen molar-refractivity contribution in [1.29, 1.82) is 0 Å². The van der Waals surface area contributed by atoms with Gasteiger partial charge in [-0.05, 0) is 23.6 Å². The first-order valence-electron chi connectivity index (χ1n) is 9.34. The largest absolute Gasteiger partial charge is 0.416 e. The van der Waals surface area contributed by atoms with E-state index >= 15 is 0 Å². The van der Waals surface area contributed by atoms with Gasteiger partial charge in [0, 0.05) is 26.1 Å². The smallest absolute Gasteiger partial charge is 0.356 e. The van der Waals surface area contributed by atoms with Crippen molar-refractivity contribution in [2.45, 2.75) is 46.5 Å². The Morgan fingerprint density at radius 3 is 2.71 bits per heavy atom. The number of rotatable bonds is 8. The number of alkyl halides is 3. The SMILES string of the molecule is CCc1nncn1CCNC(=NCc1cccc(C(F)(F)F)c1)NCC(C)C. The Bertz CT molecular complexity index is 767. The maximum Gasteiger partial charge on any atom is 0.416 e. The van der Waals surface area contributed by atoms with Gasteiger partial charge in [-0.1, -0.05) is 32.9 Å². The number of aryl methyl sites for hydroxylation is 1. The van der Waals surface area contributed by atoms with Gasteiger partial charge in [-0.25, -0.2) is 4.99 Å². The van der Waals surface area contributed by atoms with E-state index < -0.39 is 11.7 Å². The summed E-state index contributed by atoms with van der Waals surface area (Å²) in [6.45, 7) is 8.29. The van der Waals surface area contributed by atoms with Crippen LogP contribution in [0.15, 0.2) is 35.6 Å². The van der Waals surface area contributed by atoms with Gasteiger partial charge in [0.05, 0.1) is 12.1 Å². The summed E-state index contributed by atoms with van der Waals surface area (Å²) in [7, 11) is 0. The van der Waals surface area contributed by atoms with Crippen LogP contribution in [0.1, 0.15) is 37.7 Å². The van der Waals surface area contributed by atoms with Crippen LogP contribution in [-0.2, 0) is 25.7 Å². The lowest BCUT2D eigenvalue weighted by molar-refractivity contribution is -0.137. The van der Waals surface area contributed by atoms with Crippen molar-refractivity contribution in [2.75, 3.05) is 13.1 Å². The van der Waals surface area contributed by atoms with Gasteiger partial charge in [-0.15, -0.1) is 10.2 Å². The number of aromatic nitrogens is 3. The first kappa shape index (κ1) is 21.7. The molecule has 0 unspecified atom stereocenters. The van der Waals surface area contributed by atoms with E-state index in [1.165, 1.54) is 6.07 Å². The van der Waals surface area contributed by atoms with Crippen LogP contribution in [0.4, 0.5) is 13.2 Å². The van der Waals surface area contributed by atoms with Crippen molar-refractivity contribution >= 4 is 5.96 Å². The van der Waals surface area contributed by atoms with Crippen molar-refractivity contribution in [2.24, 2.45) is 10.9 Å². The summed E-state index contributed by atoms with van der Waals surface area (Å²) in [6, 6.07) is 5.24. The van der Waals surface area contributed by atoms with Gasteiger partial charge >= 0.3 is 6.18 Å². The molecule has 0 saturated heterocycles. The van der Waals surface area contributed by atoms with Gasteiger partial charge in [0.2, 0.25) is 0 Å². The molecule has 0 aliphatic heterocycles. The Labute approximate surface area is 163 Å². The van der Waals surface area contributed by atoms with E-state index in [2.05, 4.69) is 39.7 Å². The highest BCUT2D eigenvalue weighted by atomic mass is 19.4. The van der Waals surface area contributed by atoms with Crippen LogP contribution in [-0.4, -0.2) is 33.8 Å². The number of aliphatic imine (C=N–C) groups is 1. The highest BCUT2D eigenvalue weighted by Crippen LogP contribution is 2.29. The number of hydrogen-bond acceptors (Lipinski definition) is 3. The van der Waals surface area contributed by atoms with Gasteiger partial charge in [0.15, 0.2) is 5.96 Å². The molecule has 0 bridgehead atoms. The summed E-state index contributed by atoms with van der Waals surface area (Å²) in [5.74, 6) is 1.88. The lowest BCUT2D eigenvalue weighted by Gasteiger charge is -2.15. The lowest BCUT2D eigenvalue weighted by atomic mass is 10.1. The zero-order chi connectivity index (χ0) is 20.6. The van der Waals surface area contributed by atoms with E-state index in [9.17, 15) is 13.2 Å². The lowest BCUT2D eigenvalue weighted by Crippen LogP contribution is -2.40. The van der Waals surface area contributed by atoms with E-state index in [0.717, 1.165) is 24.4 Å². The molecule has 6 nitrogen and oxygen atoms in total. The Morgan fingerprint density at radius 1 is 1.25 bits per heavy atom. The molecule has 2 rings (SSSR count). The molecule has 2 N–H and O–H groups in total. The first-order chi connectivity index (χ1) is 13.3. The number of guanidine groups is 1. The third-order valence-corrected chi connectivity index (χ3v) is 4.01. The fraction of sp³-hybridized carbons (Fsp3) is 0.526. The minimum atomic E-state index is -4.35. The minimum absolute atomic E-state index is 0.157. The molecule has 9 heteroatoms. The Kier molecular flexibility index (Phi) is 7.83. The molecule has 1 aromatic heterocycles. The van der Waals surface area contributed by atoms with E-state index in [0.29, 0.717) is 37.1 Å². The fourth-order valence-corrected chi connectivity index (χ4v) is 2.53. The van der Waals surface area contributed by atoms with Gasteiger partial charge in [0.25, 0.3) is 0 Å². The van der Waals surface area contributed by atoms with E-state index in [4.69, 9.17) is 0 Å². The summed E-state index contributed by atoms with van der Waals surface area (Å²) >= 11 is 0. The summed E-state index contributed by atoms with van der Waals surface area (Å²) in [5.41, 5.74) is -0.155. The maximum atomic E-state index is 12.9. The van der Waals surface area contributed by atoms with Gasteiger partial charge in [-0.2, -0.15) is 13.2 Å². The third-order valence-electron chi connectivity index (χ3n) is 4.01. The molecule has 154 valence electrons. The number of benzene rings is 1. The van der Waals surface area contributed by atoms with E-state index in [-0.39, 0.29) is 6.54 Å². The van der Waals surface area contributed by atoms with Crippen molar-refractivity contribution < 1.29 is 13.2 Å². The molecule has 0 atom stereocenters. The van der Waals surface area contributed by atoms with Gasteiger partial charge in [-0.3, -0.25) is 0 Å². The topological polar surface area (TPSA) is 67.1 Å². The van der Waals surface area contributed by atoms with Crippen LogP contribution in [0.5, 0.6) is 0 Å². The highest BCUT2D eigenvalue weighted by Gasteiger charge is 2.30. The maximum absolute atomic E-state index is 12.9. The van der Waals surface area contributed by atoms with Crippen molar-refractivity contribution in [3.63, 3.8) is 0 Å². The summed E-state index contributed by atoms with van der Waals surface area (Å²) in [5, 5.41) is 14.4. The zero-order valence-corrected chi connectivity index (χ0v) is 16.4. The average Bonchev–Trinajstić information content (AvgIpc) is 3.10. The summed E-state index contributed by atoms with van der Waals surface area (Å²) < 4.78 is 40.6. The molecule has 2 aromatic rings. The molecular formula is C19H27F3N6. The van der Waals surface area contributed by atoms with Gasteiger partial charge < -0.3 is 15.2 Å². The number of hydrogen-bond donors (Lipinski definition) is 2. The first-order valence-corrected chi connectivity index (χ1v) is 9.34. The van der Waals surface area contributed by atoms with Crippen LogP contribution in [0.3, 0.4) is 0 Å². The van der Waals surface area contributed by atoms with E-state index in [1.54, 1.807) is 12.4 Å². The second kappa shape index (κ2) is 10.1.